The SMILES string of the molecule is CC(C)CCCC(C)NC(=O)COC(=O)c1ccc(CN2C(=O)CNC2=O)cc1. The highest BCUT2D eigenvalue weighted by Gasteiger charge is 2.28. The Morgan fingerprint density at radius 1 is 1.14 bits per heavy atom. The number of imide groups is 1. The molecule has 0 spiro atoms. The third kappa shape index (κ3) is 7.21. The minimum absolute atomic E-state index is 0.00164. The Kier molecular flexibility index (Phi) is 8.18. The number of ether oxygens (including phenoxy) is 1. The van der Waals surface area contributed by atoms with Gasteiger partial charge < -0.3 is 15.4 Å². The van der Waals surface area contributed by atoms with Crippen LogP contribution >= 0.6 is 0 Å². The molecule has 2 rings (SSSR count). The van der Waals surface area contributed by atoms with Crippen molar-refractivity contribution in [2.75, 3.05) is 13.2 Å². The zero-order chi connectivity index (χ0) is 21.4. The number of carbonyl (C=O) groups excluding carboxylic acids is 4. The number of urea groups is 1. The van der Waals surface area contributed by atoms with Crippen molar-refractivity contribution >= 4 is 23.8 Å². The van der Waals surface area contributed by atoms with Crippen molar-refractivity contribution < 1.29 is 23.9 Å². The first-order valence-electron chi connectivity index (χ1n) is 9.90. The van der Waals surface area contributed by atoms with E-state index in [0.29, 0.717) is 17.0 Å². The quantitative estimate of drug-likeness (QED) is 0.460. The molecule has 158 valence electrons. The molecule has 1 aromatic rings. The lowest BCUT2D eigenvalue weighted by Crippen LogP contribution is -2.35. The molecule has 1 aliphatic rings. The fourth-order valence-corrected chi connectivity index (χ4v) is 2.98. The van der Waals surface area contributed by atoms with Crippen molar-refractivity contribution in [2.24, 2.45) is 5.92 Å². The summed E-state index contributed by atoms with van der Waals surface area (Å²) in [6.07, 6.45) is 3.04. The van der Waals surface area contributed by atoms with Crippen LogP contribution in [0.25, 0.3) is 0 Å². The summed E-state index contributed by atoms with van der Waals surface area (Å²) < 4.78 is 5.06. The fraction of sp³-hybridized carbons (Fsp3) is 0.524. The minimum Gasteiger partial charge on any atom is -0.452 e. The van der Waals surface area contributed by atoms with Crippen LogP contribution in [0.4, 0.5) is 4.79 Å². The fourth-order valence-electron chi connectivity index (χ4n) is 2.98. The standard InChI is InChI=1S/C21H29N3O5/c1-14(2)5-4-6-15(3)23-18(25)13-29-20(27)17-9-7-16(8-10-17)12-24-19(26)11-22-21(24)28/h7-10,14-15H,4-6,11-13H2,1-3H3,(H,22,28)(H,23,25). The zero-order valence-corrected chi connectivity index (χ0v) is 17.2. The van der Waals surface area contributed by atoms with Crippen LogP contribution in [0.5, 0.6) is 0 Å². The van der Waals surface area contributed by atoms with E-state index in [1.807, 2.05) is 6.92 Å². The lowest BCUT2D eigenvalue weighted by molar-refractivity contribution is -0.125. The molecule has 0 aromatic heterocycles. The number of nitrogens with zero attached hydrogens (tertiary/aromatic N) is 1. The van der Waals surface area contributed by atoms with Gasteiger partial charge in [0, 0.05) is 6.04 Å². The van der Waals surface area contributed by atoms with Crippen LogP contribution in [0.3, 0.4) is 0 Å². The van der Waals surface area contributed by atoms with E-state index < -0.39 is 12.0 Å². The largest absolute Gasteiger partial charge is 0.452 e. The number of benzene rings is 1. The second-order valence-corrected chi connectivity index (χ2v) is 7.70. The zero-order valence-electron chi connectivity index (χ0n) is 17.2. The van der Waals surface area contributed by atoms with Crippen molar-refractivity contribution in [3.8, 4) is 0 Å². The molecule has 0 saturated carbocycles. The first-order valence-corrected chi connectivity index (χ1v) is 9.90. The predicted molar refractivity (Wildman–Crippen MR) is 107 cm³/mol. The molecular weight excluding hydrogens is 374 g/mol. The Morgan fingerprint density at radius 3 is 2.41 bits per heavy atom. The van der Waals surface area contributed by atoms with Crippen molar-refractivity contribution in [2.45, 2.75) is 52.6 Å². The van der Waals surface area contributed by atoms with Gasteiger partial charge in [-0.15, -0.1) is 0 Å². The van der Waals surface area contributed by atoms with Crippen LogP contribution in [0.2, 0.25) is 0 Å². The van der Waals surface area contributed by atoms with Gasteiger partial charge in [0.15, 0.2) is 6.61 Å². The van der Waals surface area contributed by atoms with Gasteiger partial charge in [-0.3, -0.25) is 14.5 Å². The molecule has 4 amide bonds. The first-order chi connectivity index (χ1) is 13.8. The van der Waals surface area contributed by atoms with Crippen LogP contribution in [0, 0.1) is 5.92 Å². The van der Waals surface area contributed by atoms with Crippen LogP contribution in [-0.2, 0) is 20.9 Å². The number of esters is 1. The van der Waals surface area contributed by atoms with Gasteiger partial charge in [0.05, 0.1) is 18.7 Å². The van der Waals surface area contributed by atoms with Gasteiger partial charge in [-0.05, 0) is 37.0 Å². The molecule has 1 saturated heterocycles. The van der Waals surface area contributed by atoms with Gasteiger partial charge in [0.1, 0.15) is 0 Å². The number of nitrogens with one attached hydrogen (secondary N) is 2. The summed E-state index contributed by atoms with van der Waals surface area (Å²) in [6, 6.07) is 5.98. The van der Waals surface area contributed by atoms with E-state index in [9.17, 15) is 19.2 Å². The van der Waals surface area contributed by atoms with E-state index in [1.165, 1.54) is 0 Å². The highest BCUT2D eigenvalue weighted by Crippen LogP contribution is 2.11. The molecule has 0 bridgehead atoms. The van der Waals surface area contributed by atoms with E-state index in [-0.39, 0.29) is 37.6 Å². The molecule has 8 heteroatoms. The second kappa shape index (κ2) is 10.6. The van der Waals surface area contributed by atoms with E-state index in [4.69, 9.17) is 4.74 Å². The third-order valence-corrected chi connectivity index (χ3v) is 4.63. The van der Waals surface area contributed by atoms with E-state index in [0.717, 1.165) is 24.2 Å². The summed E-state index contributed by atoms with van der Waals surface area (Å²) in [7, 11) is 0. The molecule has 1 aliphatic heterocycles. The molecule has 1 heterocycles. The van der Waals surface area contributed by atoms with Gasteiger partial charge >= 0.3 is 12.0 Å². The van der Waals surface area contributed by atoms with Gasteiger partial charge in [0.25, 0.3) is 5.91 Å². The monoisotopic (exact) mass is 403 g/mol. The second-order valence-electron chi connectivity index (χ2n) is 7.70. The highest BCUT2D eigenvalue weighted by molar-refractivity contribution is 6.01. The van der Waals surface area contributed by atoms with Crippen LogP contribution in [0.1, 0.15) is 56.0 Å². The average Bonchev–Trinajstić information content (AvgIpc) is 2.98. The van der Waals surface area contributed by atoms with E-state index in [1.54, 1.807) is 24.3 Å². The molecule has 0 aliphatic carbocycles. The normalized spacial score (nSPS) is 14.7. The summed E-state index contributed by atoms with van der Waals surface area (Å²) in [5.74, 6) is -0.582. The maximum atomic E-state index is 12.1. The summed E-state index contributed by atoms with van der Waals surface area (Å²) in [6.45, 7) is 6.07. The lowest BCUT2D eigenvalue weighted by Gasteiger charge is -2.15. The first kappa shape index (κ1) is 22.4. The molecule has 1 unspecified atom stereocenters. The number of rotatable bonds is 10. The van der Waals surface area contributed by atoms with Gasteiger partial charge in [-0.25, -0.2) is 9.59 Å². The van der Waals surface area contributed by atoms with Gasteiger partial charge in [-0.2, -0.15) is 0 Å². The summed E-state index contributed by atoms with van der Waals surface area (Å²) in [4.78, 5) is 48.3. The summed E-state index contributed by atoms with van der Waals surface area (Å²) in [5.41, 5.74) is 1.00. The maximum Gasteiger partial charge on any atom is 0.338 e. The Bertz CT molecular complexity index is 729. The Morgan fingerprint density at radius 2 is 1.83 bits per heavy atom. The number of hydrogen-bond donors (Lipinski definition) is 2. The number of amides is 4. The van der Waals surface area contributed by atoms with Gasteiger partial charge in [-0.1, -0.05) is 38.8 Å². The van der Waals surface area contributed by atoms with Crippen molar-refractivity contribution in [1.82, 2.24) is 15.5 Å². The highest BCUT2D eigenvalue weighted by atomic mass is 16.5. The van der Waals surface area contributed by atoms with Gasteiger partial charge in [0.2, 0.25) is 5.91 Å². The van der Waals surface area contributed by atoms with E-state index in [2.05, 4.69) is 24.5 Å². The molecule has 0 radical (unpaired) electrons. The van der Waals surface area contributed by atoms with Crippen LogP contribution in [0.15, 0.2) is 24.3 Å². The maximum absolute atomic E-state index is 12.1. The molecule has 1 aromatic carbocycles. The Balaban J connectivity index is 1.75. The lowest BCUT2D eigenvalue weighted by atomic mass is 10.0. The Labute approximate surface area is 171 Å². The van der Waals surface area contributed by atoms with E-state index >= 15 is 0 Å². The van der Waals surface area contributed by atoms with Crippen molar-refractivity contribution in [3.63, 3.8) is 0 Å². The van der Waals surface area contributed by atoms with Crippen LogP contribution < -0.4 is 10.6 Å². The topological polar surface area (TPSA) is 105 Å². The molecule has 1 atom stereocenters. The molecule has 29 heavy (non-hydrogen) atoms. The predicted octanol–water partition coefficient (Wildman–Crippen LogP) is 2.23. The number of carbonyl (C=O) groups is 4. The van der Waals surface area contributed by atoms with Crippen molar-refractivity contribution in [1.29, 1.82) is 0 Å². The number of hydrogen-bond acceptors (Lipinski definition) is 5. The molecular formula is C21H29N3O5. The summed E-state index contributed by atoms with van der Waals surface area (Å²) in [5, 5.41) is 5.28. The molecule has 2 N–H and O–H groups in total. The third-order valence-electron chi connectivity index (χ3n) is 4.63. The van der Waals surface area contributed by atoms with Crippen molar-refractivity contribution in [3.05, 3.63) is 35.4 Å². The molecule has 1 fully saturated rings. The smallest absolute Gasteiger partial charge is 0.338 e. The summed E-state index contributed by atoms with van der Waals surface area (Å²) >= 11 is 0. The molecule has 8 nitrogen and oxygen atoms in total. The average molecular weight is 403 g/mol. The minimum atomic E-state index is -0.603. The Hall–Kier alpha value is -2.90. The van der Waals surface area contributed by atoms with Crippen LogP contribution in [-0.4, -0.2) is 47.9 Å².